The van der Waals surface area contributed by atoms with Crippen molar-refractivity contribution < 1.29 is 14.3 Å². The Morgan fingerprint density at radius 3 is 2.50 bits per heavy atom. The fourth-order valence-electron chi connectivity index (χ4n) is 3.76. The van der Waals surface area contributed by atoms with Crippen LogP contribution in [-0.4, -0.2) is 35.6 Å². The standard InChI is InChI=1S/C16H20FNO2/c17-15-4-2-1-3-11(15)5-6-18-9-13-7-12(16(19)20)8-14(13)10-18/h1-4,12-14H,5-10H2,(H,19,20)/t12?,13-,14+. The Morgan fingerprint density at radius 2 is 1.90 bits per heavy atom. The van der Waals surface area contributed by atoms with Crippen molar-refractivity contribution in [2.75, 3.05) is 19.6 Å². The van der Waals surface area contributed by atoms with Crippen LogP contribution in [0.5, 0.6) is 0 Å². The minimum Gasteiger partial charge on any atom is -0.481 e. The Morgan fingerprint density at radius 1 is 1.25 bits per heavy atom. The molecule has 1 saturated heterocycles. The maximum Gasteiger partial charge on any atom is 0.306 e. The van der Waals surface area contributed by atoms with Crippen molar-refractivity contribution in [2.24, 2.45) is 17.8 Å². The molecule has 1 aliphatic carbocycles. The predicted molar refractivity (Wildman–Crippen MR) is 73.9 cm³/mol. The second-order valence-electron chi connectivity index (χ2n) is 6.13. The van der Waals surface area contributed by atoms with Gasteiger partial charge in [0.25, 0.3) is 0 Å². The topological polar surface area (TPSA) is 40.5 Å². The smallest absolute Gasteiger partial charge is 0.306 e. The molecule has 3 nitrogen and oxygen atoms in total. The molecule has 3 rings (SSSR count). The van der Waals surface area contributed by atoms with Gasteiger partial charge in [-0.25, -0.2) is 4.39 Å². The average molecular weight is 277 g/mol. The highest BCUT2D eigenvalue weighted by Crippen LogP contribution is 2.41. The van der Waals surface area contributed by atoms with E-state index in [9.17, 15) is 9.18 Å². The van der Waals surface area contributed by atoms with Gasteiger partial charge in [-0.2, -0.15) is 0 Å². The van der Waals surface area contributed by atoms with Gasteiger partial charge in [-0.15, -0.1) is 0 Å². The largest absolute Gasteiger partial charge is 0.481 e. The van der Waals surface area contributed by atoms with Gasteiger partial charge < -0.3 is 10.0 Å². The number of benzene rings is 1. The Hall–Kier alpha value is -1.42. The Kier molecular flexibility index (Phi) is 3.74. The lowest BCUT2D eigenvalue weighted by atomic mass is 10.0. The van der Waals surface area contributed by atoms with Gasteiger partial charge in [0, 0.05) is 19.6 Å². The molecule has 0 radical (unpaired) electrons. The number of aliphatic carboxylic acids is 1. The molecule has 0 spiro atoms. The summed E-state index contributed by atoms with van der Waals surface area (Å²) in [5, 5.41) is 9.06. The van der Waals surface area contributed by atoms with Gasteiger partial charge in [-0.05, 0) is 42.7 Å². The van der Waals surface area contributed by atoms with E-state index in [2.05, 4.69) is 4.90 Å². The van der Waals surface area contributed by atoms with Crippen LogP contribution in [-0.2, 0) is 11.2 Å². The molecule has 1 aliphatic heterocycles. The van der Waals surface area contributed by atoms with Crippen LogP contribution < -0.4 is 0 Å². The molecular formula is C16H20FNO2. The third-order valence-corrected chi connectivity index (χ3v) is 4.83. The summed E-state index contributed by atoms with van der Waals surface area (Å²) in [6.07, 6.45) is 2.36. The first-order valence-electron chi connectivity index (χ1n) is 7.32. The quantitative estimate of drug-likeness (QED) is 0.919. The second kappa shape index (κ2) is 5.52. The number of rotatable bonds is 4. The number of hydrogen-bond donors (Lipinski definition) is 1. The second-order valence-corrected chi connectivity index (χ2v) is 6.13. The van der Waals surface area contributed by atoms with E-state index in [0.29, 0.717) is 11.8 Å². The van der Waals surface area contributed by atoms with Crippen molar-refractivity contribution in [1.29, 1.82) is 0 Å². The highest BCUT2D eigenvalue weighted by Gasteiger charge is 2.42. The monoisotopic (exact) mass is 277 g/mol. The summed E-state index contributed by atoms with van der Waals surface area (Å²) < 4.78 is 13.6. The van der Waals surface area contributed by atoms with Gasteiger partial charge >= 0.3 is 5.97 Å². The maximum absolute atomic E-state index is 13.6. The summed E-state index contributed by atoms with van der Waals surface area (Å²) in [6.45, 7) is 2.82. The summed E-state index contributed by atoms with van der Waals surface area (Å²) in [5.74, 6) is 0.141. The van der Waals surface area contributed by atoms with Crippen molar-refractivity contribution in [3.8, 4) is 0 Å². The lowest BCUT2D eigenvalue weighted by Crippen LogP contribution is -2.26. The lowest BCUT2D eigenvalue weighted by Gasteiger charge is -2.17. The molecule has 1 aromatic rings. The molecule has 1 saturated carbocycles. The highest BCUT2D eigenvalue weighted by molar-refractivity contribution is 5.70. The van der Waals surface area contributed by atoms with Crippen molar-refractivity contribution in [2.45, 2.75) is 19.3 Å². The zero-order chi connectivity index (χ0) is 14.1. The summed E-state index contributed by atoms with van der Waals surface area (Å²) in [7, 11) is 0. The fraction of sp³-hybridized carbons (Fsp3) is 0.562. The normalized spacial score (nSPS) is 29.6. The van der Waals surface area contributed by atoms with E-state index in [-0.39, 0.29) is 11.7 Å². The molecule has 4 heteroatoms. The van der Waals surface area contributed by atoms with Crippen LogP contribution in [0.15, 0.2) is 24.3 Å². The van der Waals surface area contributed by atoms with Gasteiger partial charge in [0.15, 0.2) is 0 Å². The lowest BCUT2D eigenvalue weighted by molar-refractivity contribution is -0.141. The van der Waals surface area contributed by atoms with Crippen molar-refractivity contribution in [3.05, 3.63) is 35.6 Å². The van der Waals surface area contributed by atoms with Crippen LogP contribution in [0.3, 0.4) is 0 Å². The molecule has 20 heavy (non-hydrogen) atoms. The van der Waals surface area contributed by atoms with Gasteiger partial charge in [0.2, 0.25) is 0 Å². The van der Waals surface area contributed by atoms with E-state index < -0.39 is 5.97 Å². The van der Waals surface area contributed by atoms with Crippen LogP contribution in [0.1, 0.15) is 18.4 Å². The van der Waals surface area contributed by atoms with Crippen LogP contribution in [0, 0.1) is 23.6 Å². The third kappa shape index (κ3) is 2.70. The zero-order valence-corrected chi connectivity index (χ0v) is 11.5. The van der Waals surface area contributed by atoms with Crippen LogP contribution in [0.4, 0.5) is 4.39 Å². The summed E-state index contributed by atoms with van der Waals surface area (Å²) in [6, 6.07) is 6.93. The molecule has 108 valence electrons. The molecule has 0 aromatic heterocycles. The molecule has 1 unspecified atom stereocenters. The van der Waals surface area contributed by atoms with Crippen LogP contribution >= 0.6 is 0 Å². The number of carboxylic acids is 1. The molecule has 1 N–H and O–H groups in total. The average Bonchev–Trinajstić information content (AvgIpc) is 2.95. The first-order valence-corrected chi connectivity index (χ1v) is 7.32. The number of fused-ring (bicyclic) bond motifs is 1. The van der Waals surface area contributed by atoms with Crippen molar-refractivity contribution in [1.82, 2.24) is 4.90 Å². The van der Waals surface area contributed by atoms with Crippen LogP contribution in [0.25, 0.3) is 0 Å². The number of likely N-dealkylation sites (tertiary alicyclic amines) is 1. The van der Waals surface area contributed by atoms with Gasteiger partial charge in [0.05, 0.1) is 5.92 Å². The molecule has 1 aromatic carbocycles. The number of halogens is 1. The molecule has 3 atom stereocenters. The van der Waals surface area contributed by atoms with E-state index in [1.807, 2.05) is 12.1 Å². The highest BCUT2D eigenvalue weighted by atomic mass is 19.1. The minimum atomic E-state index is -0.641. The predicted octanol–water partition coefficient (Wildman–Crippen LogP) is 2.41. The van der Waals surface area contributed by atoms with Crippen molar-refractivity contribution >= 4 is 5.97 Å². The fourth-order valence-corrected chi connectivity index (χ4v) is 3.76. The Balaban J connectivity index is 1.51. The molecule has 0 bridgehead atoms. The summed E-state index contributed by atoms with van der Waals surface area (Å²) in [4.78, 5) is 13.4. The van der Waals surface area contributed by atoms with E-state index in [0.717, 1.165) is 44.5 Å². The first kappa shape index (κ1) is 13.6. The maximum atomic E-state index is 13.6. The molecule has 0 amide bonds. The summed E-state index contributed by atoms with van der Waals surface area (Å²) in [5.41, 5.74) is 0.771. The molecule has 1 heterocycles. The molecular weight excluding hydrogens is 257 g/mol. The minimum absolute atomic E-state index is 0.127. The van der Waals surface area contributed by atoms with E-state index in [4.69, 9.17) is 5.11 Å². The molecule has 2 aliphatic rings. The Bertz CT molecular complexity index is 491. The SMILES string of the molecule is O=C(O)C1C[C@@H]2CN(CCc3ccccc3F)C[C@@H]2C1. The third-order valence-electron chi connectivity index (χ3n) is 4.83. The number of nitrogens with zero attached hydrogens (tertiary/aromatic N) is 1. The van der Waals surface area contributed by atoms with E-state index in [1.165, 1.54) is 6.07 Å². The van der Waals surface area contributed by atoms with Gasteiger partial charge in [0.1, 0.15) is 5.82 Å². The van der Waals surface area contributed by atoms with Crippen molar-refractivity contribution in [3.63, 3.8) is 0 Å². The summed E-state index contributed by atoms with van der Waals surface area (Å²) >= 11 is 0. The van der Waals surface area contributed by atoms with E-state index >= 15 is 0 Å². The zero-order valence-electron chi connectivity index (χ0n) is 11.5. The number of carboxylic acid groups (broad SMARTS) is 1. The number of carbonyl (C=O) groups is 1. The van der Waals surface area contributed by atoms with Gasteiger partial charge in [-0.1, -0.05) is 18.2 Å². The van der Waals surface area contributed by atoms with Gasteiger partial charge in [-0.3, -0.25) is 4.79 Å². The van der Waals surface area contributed by atoms with Crippen LogP contribution in [0.2, 0.25) is 0 Å². The Labute approximate surface area is 118 Å². The number of hydrogen-bond acceptors (Lipinski definition) is 2. The molecule has 2 fully saturated rings. The van der Waals surface area contributed by atoms with E-state index in [1.54, 1.807) is 6.07 Å². The first-order chi connectivity index (χ1) is 9.63.